The minimum atomic E-state index is 0.0230. The van der Waals surface area contributed by atoms with Gasteiger partial charge in [-0.2, -0.15) is 0 Å². The summed E-state index contributed by atoms with van der Waals surface area (Å²) in [6, 6.07) is 8.42. The molecule has 2 rings (SSSR count). The standard InChI is InChI=1S/C23H38N4O2/c1-6-19(7-2)22(28)27-13-11-20(12-14-27)26-23(24-5)25-16-18(4)29-21-10-8-9-17(3)15-21/h8-10,15,18-20H,6-7,11-14,16H2,1-5H3,(H2,24,25,26). The summed E-state index contributed by atoms with van der Waals surface area (Å²) in [5, 5.41) is 6.85. The molecule has 0 saturated carbocycles. The third-order valence-electron chi connectivity index (χ3n) is 5.59. The zero-order valence-electron chi connectivity index (χ0n) is 18.7. The fourth-order valence-corrected chi connectivity index (χ4v) is 3.73. The van der Waals surface area contributed by atoms with E-state index < -0.39 is 0 Å². The lowest BCUT2D eigenvalue weighted by molar-refractivity contribution is -0.136. The largest absolute Gasteiger partial charge is 0.489 e. The number of aliphatic imine (C=N–C) groups is 1. The van der Waals surface area contributed by atoms with Gasteiger partial charge in [-0.15, -0.1) is 0 Å². The van der Waals surface area contributed by atoms with E-state index in [-0.39, 0.29) is 12.0 Å². The summed E-state index contributed by atoms with van der Waals surface area (Å²) >= 11 is 0. The molecule has 6 nitrogen and oxygen atoms in total. The summed E-state index contributed by atoms with van der Waals surface area (Å²) in [6.45, 7) is 10.6. The number of piperidine rings is 1. The van der Waals surface area contributed by atoms with Gasteiger partial charge in [0.2, 0.25) is 5.91 Å². The molecule has 1 aromatic carbocycles. The summed E-state index contributed by atoms with van der Waals surface area (Å²) in [7, 11) is 1.78. The quantitative estimate of drug-likeness (QED) is 0.517. The predicted molar refractivity (Wildman–Crippen MR) is 119 cm³/mol. The van der Waals surface area contributed by atoms with Crippen molar-refractivity contribution in [1.82, 2.24) is 15.5 Å². The van der Waals surface area contributed by atoms with Crippen LogP contribution in [0.2, 0.25) is 0 Å². The average Bonchev–Trinajstić information content (AvgIpc) is 2.72. The Hall–Kier alpha value is -2.24. The highest BCUT2D eigenvalue weighted by molar-refractivity contribution is 5.80. The maximum atomic E-state index is 12.5. The fraction of sp³-hybridized carbons (Fsp3) is 0.652. The van der Waals surface area contributed by atoms with Gasteiger partial charge in [0.15, 0.2) is 5.96 Å². The second-order valence-corrected chi connectivity index (χ2v) is 7.96. The summed E-state index contributed by atoms with van der Waals surface area (Å²) in [5.41, 5.74) is 1.19. The van der Waals surface area contributed by atoms with Crippen molar-refractivity contribution in [1.29, 1.82) is 0 Å². The molecule has 29 heavy (non-hydrogen) atoms. The van der Waals surface area contributed by atoms with Crippen LogP contribution in [0, 0.1) is 12.8 Å². The van der Waals surface area contributed by atoms with Crippen molar-refractivity contribution in [2.45, 2.75) is 65.5 Å². The van der Waals surface area contributed by atoms with Gasteiger partial charge in [-0.3, -0.25) is 9.79 Å². The van der Waals surface area contributed by atoms with E-state index in [9.17, 15) is 4.79 Å². The lowest BCUT2D eigenvalue weighted by Gasteiger charge is -2.35. The van der Waals surface area contributed by atoms with Gasteiger partial charge in [0, 0.05) is 32.1 Å². The molecule has 0 bridgehead atoms. The number of guanidine groups is 1. The number of carbonyl (C=O) groups is 1. The van der Waals surface area contributed by atoms with E-state index in [1.165, 1.54) is 5.56 Å². The predicted octanol–water partition coefficient (Wildman–Crippen LogP) is 3.35. The molecular formula is C23H38N4O2. The smallest absolute Gasteiger partial charge is 0.225 e. The molecule has 1 atom stereocenters. The molecule has 0 radical (unpaired) electrons. The van der Waals surface area contributed by atoms with E-state index in [4.69, 9.17) is 4.74 Å². The molecule has 1 unspecified atom stereocenters. The highest BCUT2D eigenvalue weighted by atomic mass is 16.5. The maximum Gasteiger partial charge on any atom is 0.225 e. The maximum absolute atomic E-state index is 12.5. The Morgan fingerprint density at radius 3 is 2.55 bits per heavy atom. The van der Waals surface area contributed by atoms with E-state index >= 15 is 0 Å². The average molecular weight is 403 g/mol. The van der Waals surface area contributed by atoms with Gasteiger partial charge in [0.1, 0.15) is 11.9 Å². The monoisotopic (exact) mass is 402 g/mol. The van der Waals surface area contributed by atoms with Gasteiger partial charge in [-0.25, -0.2) is 0 Å². The fourth-order valence-electron chi connectivity index (χ4n) is 3.73. The van der Waals surface area contributed by atoms with Crippen molar-refractivity contribution in [2.75, 3.05) is 26.7 Å². The number of likely N-dealkylation sites (tertiary alicyclic amines) is 1. The molecule has 1 saturated heterocycles. The van der Waals surface area contributed by atoms with Crippen LogP contribution in [0.25, 0.3) is 0 Å². The van der Waals surface area contributed by atoms with E-state index in [2.05, 4.69) is 42.5 Å². The molecule has 1 amide bonds. The molecule has 6 heteroatoms. The van der Waals surface area contributed by atoms with Gasteiger partial charge >= 0.3 is 0 Å². The Morgan fingerprint density at radius 2 is 1.97 bits per heavy atom. The molecular weight excluding hydrogens is 364 g/mol. The van der Waals surface area contributed by atoms with Gasteiger partial charge in [0.05, 0.1) is 6.54 Å². The SMILES string of the molecule is CCC(CC)C(=O)N1CCC(NC(=NC)NCC(C)Oc2cccc(C)c2)CC1. The van der Waals surface area contributed by atoms with Crippen LogP contribution in [-0.4, -0.2) is 55.6 Å². The van der Waals surface area contributed by atoms with Crippen molar-refractivity contribution >= 4 is 11.9 Å². The van der Waals surface area contributed by atoms with Gasteiger partial charge < -0.3 is 20.3 Å². The number of nitrogens with one attached hydrogen (secondary N) is 2. The van der Waals surface area contributed by atoms with Crippen molar-refractivity contribution in [3.05, 3.63) is 29.8 Å². The minimum Gasteiger partial charge on any atom is -0.489 e. The second kappa shape index (κ2) is 11.7. The second-order valence-electron chi connectivity index (χ2n) is 7.96. The Morgan fingerprint density at radius 1 is 1.28 bits per heavy atom. The van der Waals surface area contributed by atoms with Gasteiger partial charge in [-0.1, -0.05) is 26.0 Å². The van der Waals surface area contributed by atoms with Crippen molar-refractivity contribution in [2.24, 2.45) is 10.9 Å². The molecule has 1 fully saturated rings. The number of amides is 1. The van der Waals surface area contributed by atoms with Crippen LogP contribution in [0.5, 0.6) is 5.75 Å². The van der Waals surface area contributed by atoms with Crippen LogP contribution in [-0.2, 0) is 4.79 Å². The molecule has 162 valence electrons. The molecule has 1 aromatic rings. The van der Waals surface area contributed by atoms with E-state index in [1.807, 2.05) is 30.0 Å². The number of rotatable bonds is 8. The van der Waals surface area contributed by atoms with Crippen LogP contribution in [0.15, 0.2) is 29.3 Å². The Kier molecular flexibility index (Phi) is 9.29. The number of nitrogens with zero attached hydrogens (tertiary/aromatic N) is 2. The summed E-state index contributed by atoms with van der Waals surface area (Å²) in [5.74, 6) is 2.16. The lowest BCUT2D eigenvalue weighted by Crippen LogP contribution is -2.51. The first-order valence-electron chi connectivity index (χ1n) is 11.0. The van der Waals surface area contributed by atoms with Crippen LogP contribution in [0.4, 0.5) is 0 Å². The highest BCUT2D eigenvalue weighted by Crippen LogP contribution is 2.17. The first-order chi connectivity index (χ1) is 14.0. The first kappa shape index (κ1) is 23.0. The van der Waals surface area contributed by atoms with Gasteiger partial charge in [0.25, 0.3) is 0 Å². The normalized spacial score (nSPS) is 16.6. The molecule has 1 aliphatic rings. The molecule has 2 N–H and O–H groups in total. The van der Waals surface area contributed by atoms with Crippen LogP contribution < -0.4 is 15.4 Å². The number of ether oxygens (including phenoxy) is 1. The van der Waals surface area contributed by atoms with Crippen molar-refractivity contribution in [3.8, 4) is 5.75 Å². The van der Waals surface area contributed by atoms with E-state index in [1.54, 1.807) is 7.05 Å². The molecule has 0 aliphatic carbocycles. The van der Waals surface area contributed by atoms with Crippen LogP contribution in [0.3, 0.4) is 0 Å². The topological polar surface area (TPSA) is 66.0 Å². The first-order valence-corrected chi connectivity index (χ1v) is 11.0. The minimum absolute atomic E-state index is 0.0230. The zero-order chi connectivity index (χ0) is 21.2. The summed E-state index contributed by atoms with van der Waals surface area (Å²) in [6.07, 6.45) is 3.76. The number of hydrogen-bond acceptors (Lipinski definition) is 3. The molecule has 0 aromatic heterocycles. The number of hydrogen-bond donors (Lipinski definition) is 2. The summed E-state index contributed by atoms with van der Waals surface area (Å²) in [4.78, 5) is 18.9. The third-order valence-corrected chi connectivity index (χ3v) is 5.59. The molecule has 0 spiro atoms. The van der Waals surface area contributed by atoms with Crippen molar-refractivity contribution in [3.63, 3.8) is 0 Å². The lowest BCUT2D eigenvalue weighted by atomic mass is 9.98. The number of carbonyl (C=O) groups excluding carboxylic acids is 1. The van der Waals surface area contributed by atoms with E-state index in [0.717, 1.165) is 50.5 Å². The van der Waals surface area contributed by atoms with Crippen LogP contribution >= 0.6 is 0 Å². The zero-order valence-corrected chi connectivity index (χ0v) is 18.7. The number of benzene rings is 1. The van der Waals surface area contributed by atoms with Crippen LogP contribution in [0.1, 0.15) is 52.0 Å². The Bertz CT molecular complexity index is 665. The third kappa shape index (κ3) is 7.26. The Balaban J connectivity index is 1.74. The number of aryl methyl sites for hydroxylation is 1. The van der Waals surface area contributed by atoms with Gasteiger partial charge in [-0.05, 0) is 57.2 Å². The summed E-state index contributed by atoms with van der Waals surface area (Å²) < 4.78 is 5.97. The highest BCUT2D eigenvalue weighted by Gasteiger charge is 2.26. The Labute approximate surface area is 176 Å². The van der Waals surface area contributed by atoms with E-state index in [0.29, 0.717) is 18.5 Å². The van der Waals surface area contributed by atoms with Crippen molar-refractivity contribution < 1.29 is 9.53 Å². The molecule has 1 aliphatic heterocycles. The molecule has 1 heterocycles.